The number of fused-ring (bicyclic) bond motifs is 1. The van der Waals surface area contributed by atoms with Crippen LogP contribution in [0.25, 0.3) is 0 Å². The molecule has 1 aliphatic rings. The van der Waals surface area contributed by atoms with Gasteiger partial charge in [-0.15, -0.1) is 0 Å². The second-order valence-corrected chi connectivity index (χ2v) is 6.58. The SMILES string of the molecule is CC1(C)Oc2ccc(C#N)cc2[C@H](Nc2ccc(Cl)cc2)[C@H]1O. The monoisotopic (exact) mass is 328 g/mol. The maximum atomic E-state index is 10.7. The highest BCUT2D eigenvalue weighted by molar-refractivity contribution is 6.30. The van der Waals surface area contributed by atoms with Crippen LogP contribution in [-0.4, -0.2) is 16.8 Å². The van der Waals surface area contributed by atoms with Crippen LogP contribution in [-0.2, 0) is 0 Å². The Labute approximate surface area is 140 Å². The number of aliphatic hydroxyl groups is 1. The van der Waals surface area contributed by atoms with E-state index in [4.69, 9.17) is 21.6 Å². The Kier molecular flexibility index (Phi) is 3.93. The number of hydrogen-bond acceptors (Lipinski definition) is 4. The summed E-state index contributed by atoms with van der Waals surface area (Å²) in [4.78, 5) is 0. The van der Waals surface area contributed by atoms with Crippen molar-refractivity contribution in [2.24, 2.45) is 0 Å². The molecular weight excluding hydrogens is 312 g/mol. The highest BCUT2D eigenvalue weighted by Crippen LogP contribution is 2.41. The van der Waals surface area contributed by atoms with Crippen molar-refractivity contribution < 1.29 is 9.84 Å². The zero-order valence-corrected chi connectivity index (χ0v) is 13.6. The summed E-state index contributed by atoms with van der Waals surface area (Å²) in [5.41, 5.74) is 1.39. The van der Waals surface area contributed by atoms with Gasteiger partial charge in [-0.05, 0) is 56.3 Å². The summed E-state index contributed by atoms with van der Waals surface area (Å²) in [6.07, 6.45) is -0.778. The molecule has 0 bridgehead atoms. The lowest BCUT2D eigenvalue weighted by molar-refractivity contribution is -0.0532. The molecule has 2 aromatic carbocycles. The number of aliphatic hydroxyl groups excluding tert-OH is 1. The van der Waals surface area contributed by atoms with Crippen LogP contribution in [0.3, 0.4) is 0 Å². The number of halogens is 1. The number of nitrogens with one attached hydrogen (secondary N) is 1. The minimum atomic E-state index is -0.778. The molecule has 5 heteroatoms. The number of hydrogen-bond donors (Lipinski definition) is 2. The molecule has 0 saturated carbocycles. The van der Waals surface area contributed by atoms with E-state index in [9.17, 15) is 5.11 Å². The first-order chi connectivity index (χ1) is 10.9. The molecule has 1 heterocycles. The van der Waals surface area contributed by atoms with Crippen molar-refractivity contribution in [3.05, 3.63) is 58.6 Å². The number of rotatable bonds is 2. The maximum Gasteiger partial charge on any atom is 0.132 e. The molecule has 118 valence electrons. The maximum absolute atomic E-state index is 10.7. The first kappa shape index (κ1) is 15.7. The number of nitriles is 1. The summed E-state index contributed by atoms with van der Waals surface area (Å²) in [6, 6.07) is 14.3. The molecular formula is C18H17ClN2O2. The van der Waals surface area contributed by atoms with Gasteiger partial charge in [-0.25, -0.2) is 0 Å². The van der Waals surface area contributed by atoms with E-state index in [1.807, 2.05) is 26.0 Å². The quantitative estimate of drug-likeness (QED) is 0.877. The Morgan fingerprint density at radius 1 is 1.22 bits per heavy atom. The van der Waals surface area contributed by atoms with Crippen molar-refractivity contribution in [3.8, 4) is 11.8 Å². The predicted octanol–water partition coefficient (Wildman–Crippen LogP) is 3.90. The van der Waals surface area contributed by atoms with E-state index in [-0.39, 0.29) is 6.04 Å². The summed E-state index contributed by atoms with van der Waals surface area (Å²) in [5.74, 6) is 0.672. The summed E-state index contributed by atoms with van der Waals surface area (Å²) >= 11 is 5.92. The molecule has 3 rings (SSSR count). The van der Waals surface area contributed by atoms with Gasteiger partial charge in [-0.1, -0.05) is 11.6 Å². The number of anilines is 1. The van der Waals surface area contributed by atoms with Gasteiger partial charge in [0.2, 0.25) is 0 Å². The lowest BCUT2D eigenvalue weighted by Gasteiger charge is -2.42. The molecule has 23 heavy (non-hydrogen) atoms. The van der Waals surface area contributed by atoms with Gasteiger partial charge in [-0.3, -0.25) is 0 Å². The van der Waals surface area contributed by atoms with Gasteiger partial charge in [0.15, 0.2) is 0 Å². The average molecular weight is 329 g/mol. The first-order valence-corrected chi connectivity index (χ1v) is 7.72. The van der Waals surface area contributed by atoms with Crippen LogP contribution in [0.5, 0.6) is 5.75 Å². The summed E-state index contributed by atoms with van der Waals surface area (Å²) in [6.45, 7) is 3.69. The predicted molar refractivity (Wildman–Crippen MR) is 89.7 cm³/mol. The summed E-state index contributed by atoms with van der Waals surface area (Å²) in [5, 5.41) is 23.8. The largest absolute Gasteiger partial charge is 0.485 e. The third-order valence-electron chi connectivity index (χ3n) is 4.04. The van der Waals surface area contributed by atoms with Crippen LogP contribution in [0.2, 0.25) is 5.02 Å². The van der Waals surface area contributed by atoms with Crippen molar-refractivity contribution >= 4 is 17.3 Å². The Morgan fingerprint density at radius 2 is 1.91 bits per heavy atom. The minimum Gasteiger partial charge on any atom is -0.485 e. The van der Waals surface area contributed by atoms with E-state index >= 15 is 0 Å². The van der Waals surface area contributed by atoms with Gasteiger partial charge < -0.3 is 15.2 Å². The molecule has 0 radical (unpaired) electrons. The van der Waals surface area contributed by atoms with Crippen LogP contribution in [0.1, 0.15) is 31.0 Å². The van der Waals surface area contributed by atoms with Crippen molar-refractivity contribution in [1.82, 2.24) is 0 Å². The van der Waals surface area contributed by atoms with Gasteiger partial charge in [0.25, 0.3) is 0 Å². The van der Waals surface area contributed by atoms with Gasteiger partial charge in [0.05, 0.1) is 17.7 Å². The zero-order chi connectivity index (χ0) is 16.6. The van der Waals surface area contributed by atoms with Gasteiger partial charge in [-0.2, -0.15) is 5.26 Å². The third kappa shape index (κ3) is 2.98. The van der Waals surface area contributed by atoms with E-state index in [1.165, 1.54) is 0 Å². The third-order valence-corrected chi connectivity index (χ3v) is 4.29. The van der Waals surface area contributed by atoms with E-state index < -0.39 is 11.7 Å². The zero-order valence-electron chi connectivity index (χ0n) is 12.9. The smallest absolute Gasteiger partial charge is 0.132 e. The number of nitrogens with zero attached hydrogens (tertiary/aromatic N) is 1. The Hall–Kier alpha value is -2.22. The van der Waals surface area contributed by atoms with Crippen molar-refractivity contribution in [2.45, 2.75) is 31.6 Å². The molecule has 0 spiro atoms. The normalized spacial score (nSPS) is 21.7. The molecule has 2 aromatic rings. The van der Waals surface area contributed by atoms with Crippen molar-refractivity contribution in [3.63, 3.8) is 0 Å². The van der Waals surface area contributed by atoms with Crippen LogP contribution in [0, 0.1) is 11.3 Å². The van der Waals surface area contributed by atoms with Gasteiger partial charge in [0, 0.05) is 16.3 Å². The second-order valence-electron chi connectivity index (χ2n) is 6.14. The van der Waals surface area contributed by atoms with Crippen LogP contribution in [0.15, 0.2) is 42.5 Å². The highest BCUT2D eigenvalue weighted by atomic mass is 35.5. The topological polar surface area (TPSA) is 65.3 Å². The summed E-state index contributed by atoms with van der Waals surface area (Å²) in [7, 11) is 0. The van der Waals surface area contributed by atoms with Gasteiger partial charge in [0.1, 0.15) is 17.5 Å². The molecule has 0 aliphatic carbocycles. The van der Waals surface area contributed by atoms with Crippen LogP contribution < -0.4 is 10.1 Å². The molecule has 0 aromatic heterocycles. The Morgan fingerprint density at radius 3 is 2.57 bits per heavy atom. The number of ether oxygens (including phenoxy) is 1. The second kappa shape index (κ2) is 5.77. The van der Waals surface area contributed by atoms with Gasteiger partial charge >= 0.3 is 0 Å². The lowest BCUT2D eigenvalue weighted by Crippen LogP contribution is -2.50. The highest BCUT2D eigenvalue weighted by Gasteiger charge is 2.43. The van der Waals surface area contributed by atoms with E-state index in [0.717, 1.165) is 11.3 Å². The number of benzene rings is 2. The lowest BCUT2D eigenvalue weighted by atomic mass is 9.86. The Bertz CT molecular complexity index is 766. The Balaban J connectivity index is 2.03. The van der Waals surface area contributed by atoms with E-state index in [1.54, 1.807) is 30.3 Å². The van der Waals surface area contributed by atoms with E-state index in [0.29, 0.717) is 16.3 Å². The first-order valence-electron chi connectivity index (χ1n) is 7.34. The molecule has 0 saturated heterocycles. The molecule has 1 aliphatic heterocycles. The van der Waals surface area contributed by atoms with E-state index in [2.05, 4.69) is 11.4 Å². The average Bonchev–Trinajstić information content (AvgIpc) is 2.53. The van der Waals surface area contributed by atoms with Crippen LogP contribution >= 0.6 is 11.6 Å². The fourth-order valence-electron chi connectivity index (χ4n) is 2.75. The molecule has 2 N–H and O–H groups in total. The fraction of sp³-hybridized carbons (Fsp3) is 0.278. The molecule has 4 nitrogen and oxygen atoms in total. The van der Waals surface area contributed by atoms with Crippen molar-refractivity contribution in [2.75, 3.05) is 5.32 Å². The van der Waals surface area contributed by atoms with Crippen molar-refractivity contribution in [1.29, 1.82) is 5.26 Å². The molecule has 0 fully saturated rings. The van der Waals surface area contributed by atoms with Crippen LogP contribution in [0.4, 0.5) is 5.69 Å². The summed E-state index contributed by atoms with van der Waals surface area (Å²) < 4.78 is 5.90. The standard InChI is InChI=1S/C18H17ClN2O2/c1-18(2)17(22)16(21-13-6-4-12(19)5-7-13)14-9-11(10-20)3-8-15(14)23-18/h3-9,16-17,21-22H,1-2H3/t16-,17+/m0/s1. The fourth-order valence-corrected chi connectivity index (χ4v) is 2.88. The molecule has 2 atom stereocenters. The minimum absolute atomic E-state index is 0.386. The molecule has 0 amide bonds. The molecule has 0 unspecified atom stereocenters.